The summed E-state index contributed by atoms with van der Waals surface area (Å²) in [5, 5.41) is 5.98. The van der Waals surface area contributed by atoms with E-state index >= 15 is 0 Å². The Kier molecular flexibility index (Phi) is 6.35. The van der Waals surface area contributed by atoms with Crippen molar-refractivity contribution in [1.82, 2.24) is 5.20 Å². The maximum atomic E-state index is 11.8. The summed E-state index contributed by atoms with van der Waals surface area (Å²) < 4.78 is 26.6. The zero-order valence-corrected chi connectivity index (χ0v) is 13.6. The molecule has 110 valence electrons. The van der Waals surface area contributed by atoms with Gasteiger partial charge in [0.05, 0.1) is 7.11 Å². The molecule has 0 bridgehead atoms. The summed E-state index contributed by atoms with van der Waals surface area (Å²) in [4.78, 5) is 11.7. The number of halogens is 1. The van der Waals surface area contributed by atoms with Gasteiger partial charge in [-0.15, -0.1) is 0 Å². The molecular formula is C11H14BrN2O5P. The molecular weight excluding hydrogens is 351 g/mol. The molecule has 1 N–H and O–H groups in total. The highest BCUT2D eigenvalue weighted by atomic mass is 79.9. The Bertz CT molecular complexity index is 538. The third-order valence-corrected chi connectivity index (χ3v) is 4.10. The van der Waals surface area contributed by atoms with E-state index in [9.17, 15) is 9.36 Å². The average Bonchev–Trinajstić information content (AvgIpc) is 2.48. The van der Waals surface area contributed by atoms with E-state index < -0.39 is 13.7 Å². The highest BCUT2D eigenvalue weighted by Crippen LogP contribution is 2.41. The van der Waals surface area contributed by atoms with Crippen LogP contribution in [-0.4, -0.2) is 33.0 Å². The van der Waals surface area contributed by atoms with Gasteiger partial charge < -0.3 is 4.74 Å². The lowest BCUT2D eigenvalue weighted by molar-refractivity contribution is -0.132. The minimum atomic E-state index is -3.57. The number of nitrogens with one attached hydrogen (secondary N) is 1. The molecule has 0 heterocycles. The van der Waals surface area contributed by atoms with Gasteiger partial charge in [0.25, 0.3) is 0 Å². The number of rotatable bonds is 6. The van der Waals surface area contributed by atoms with Crippen LogP contribution in [-0.2, 0) is 23.1 Å². The second-order valence-corrected chi connectivity index (χ2v) is 6.26. The zero-order valence-electron chi connectivity index (χ0n) is 11.1. The van der Waals surface area contributed by atoms with Crippen molar-refractivity contribution in [2.24, 2.45) is 5.10 Å². The molecule has 1 rings (SSSR count). The van der Waals surface area contributed by atoms with Gasteiger partial charge in [-0.25, -0.2) is 14.6 Å². The first-order chi connectivity index (χ1) is 9.45. The first kappa shape index (κ1) is 16.8. The Morgan fingerprint density at radius 3 is 2.20 bits per heavy atom. The van der Waals surface area contributed by atoms with Gasteiger partial charge in [0.2, 0.25) is 0 Å². The van der Waals surface area contributed by atoms with E-state index in [0.29, 0.717) is 5.56 Å². The van der Waals surface area contributed by atoms with E-state index in [1.54, 1.807) is 24.3 Å². The van der Waals surface area contributed by atoms with Crippen LogP contribution in [0.2, 0.25) is 0 Å². The number of ether oxygens (including phenoxy) is 1. The molecule has 1 aromatic rings. The van der Waals surface area contributed by atoms with Crippen LogP contribution >= 0.6 is 23.7 Å². The first-order valence-corrected chi connectivity index (χ1v) is 7.70. The fourth-order valence-corrected chi connectivity index (χ4v) is 2.00. The first-order valence-electron chi connectivity index (χ1n) is 5.36. The molecule has 0 radical (unpaired) electrons. The third kappa shape index (κ3) is 4.42. The van der Waals surface area contributed by atoms with E-state index in [-0.39, 0.29) is 5.71 Å². The van der Waals surface area contributed by atoms with Gasteiger partial charge in [0.1, 0.15) is 0 Å². The number of carbonyl (C=O) groups excluding carboxylic acids is 1. The molecule has 0 fully saturated rings. The Morgan fingerprint density at radius 1 is 1.20 bits per heavy atom. The predicted octanol–water partition coefficient (Wildman–Crippen LogP) is 2.32. The maximum Gasteiger partial charge on any atom is 0.447 e. The van der Waals surface area contributed by atoms with Gasteiger partial charge in [-0.05, 0) is 12.1 Å². The second-order valence-electron chi connectivity index (χ2n) is 3.42. The number of methoxy groups -OCH3 is 1. The van der Waals surface area contributed by atoms with Crippen molar-refractivity contribution in [3.8, 4) is 0 Å². The SMILES string of the molecule is COC(=O)/C(=N/NP(=O)(OC)OC)c1ccc(Br)cc1. The van der Waals surface area contributed by atoms with E-state index in [4.69, 9.17) is 0 Å². The Morgan fingerprint density at radius 2 is 1.75 bits per heavy atom. The fourth-order valence-electron chi connectivity index (χ4n) is 1.20. The summed E-state index contributed by atoms with van der Waals surface area (Å²) in [5.74, 6) is -0.682. The minimum Gasteiger partial charge on any atom is -0.464 e. The van der Waals surface area contributed by atoms with Crippen molar-refractivity contribution in [1.29, 1.82) is 0 Å². The highest BCUT2D eigenvalue weighted by Gasteiger charge is 2.22. The van der Waals surface area contributed by atoms with E-state index in [1.807, 2.05) is 0 Å². The maximum absolute atomic E-state index is 11.8. The molecule has 1 aromatic carbocycles. The molecule has 20 heavy (non-hydrogen) atoms. The molecule has 0 amide bonds. The molecule has 0 aromatic heterocycles. The van der Waals surface area contributed by atoms with E-state index in [1.165, 1.54) is 21.3 Å². The monoisotopic (exact) mass is 364 g/mol. The lowest BCUT2D eigenvalue weighted by Gasteiger charge is -2.13. The van der Waals surface area contributed by atoms with Crippen LogP contribution < -0.4 is 5.20 Å². The average molecular weight is 365 g/mol. The van der Waals surface area contributed by atoms with Crippen LogP contribution in [0.4, 0.5) is 0 Å². The lowest BCUT2D eigenvalue weighted by Crippen LogP contribution is -2.21. The quantitative estimate of drug-likeness (QED) is 0.360. The largest absolute Gasteiger partial charge is 0.464 e. The van der Waals surface area contributed by atoms with Crippen LogP contribution in [0.1, 0.15) is 5.56 Å². The van der Waals surface area contributed by atoms with Crippen LogP contribution in [0.25, 0.3) is 0 Å². The lowest BCUT2D eigenvalue weighted by atomic mass is 10.1. The fraction of sp³-hybridized carbons (Fsp3) is 0.273. The minimum absolute atomic E-state index is 0.0469. The van der Waals surface area contributed by atoms with Crippen molar-refractivity contribution < 1.29 is 23.1 Å². The van der Waals surface area contributed by atoms with E-state index in [0.717, 1.165) is 4.47 Å². The van der Waals surface area contributed by atoms with Crippen LogP contribution in [0.3, 0.4) is 0 Å². The summed E-state index contributed by atoms with van der Waals surface area (Å²) in [6.07, 6.45) is 0. The molecule has 0 unspecified atom stereocenters. The van der Waals surface area contributed by atoms with Gasteiger partial charge in [-0.3, -0.25) is 9.05 Å². The van der Waals surface area contributed by atoms with Crippen molar-refractivity contribution >= 4 is 35.4 Å². The summed E-state index contributed by atoms with van der Waals surface area (Å²) >= 11 is 3.29. The molecule has 0 saturated carbocycles. The van der Waals surface area contributed by atoms with Gasteiger partial charge in [0, 0.05) is 24.3 Å². The molecule has 0 atom stereocenters. The number of hydrogen-bond donors (Lipinski definition) is 1. The van der Waals surface area contributed by atoms with Gasteiger partial charge in [-0.2, -0.15) is 5.10 Å². The predicted molar refractivity (Wildman–Crippen MR) is 77.5 cm³/mol. The smallest absolute Gasteiger partial charge is 0.447 e. The summed E-state index contributed by atoms with van der Waals surface area (Å²) in [6, 6.07) is 6.79. The topological polar surface area (TPSA) is 86.2 Å². The number of hydrogen-bond acceptors (Lipinski definition) is 6. The number of nitrogens with zero attached hydrogens (tertiary/aromatic N) is 1. The summed E-state index contributed by atoms with van der Waals surface area (Å²) in [5.41, 5.74) is 0.445. The van der Waals surface area contributed by atoms with E-state index in [2.05, 4.69) is 40.0 Å². The normalized spacial score (nSPS) is 12.1. The number of hydrazone groups is 1. The van der Waals surface area contributed by atoms with Crippen molar-refractivity contribution in [3.63, 3.8) is 0 Å². The van der Waals surface area contributed by atoms with Crippen LogP contribution in [0.15, 0.2) is 33.8 Å². The Balaban J connectivity index is 3.10. The molecule has 0 spiro atoms. The molecule has 0 saturated heterocycles. The van der Waals surface area contributed by atoms with Crippen LogP contribution in [0.5, 0.6) is 0 Å². The molecule has 9 heteroatoms. The van der Waals surface area contributed by atoms with Crippen LogP contribution in [0, 0.1) is 0 Å². The zero-order chi connectivity index (χ0) is 15.2. The van der Waals surface area contributed by atoms with Gasteiger partial charge >= 0.3 is 13.7 Å². The van der Waals surface area contributed by atoms with Crippen molar-refractivity contribution in [2.45, 2.75) is 0 Å². The second kappa shape index (κ2) is 7.54. The summed E-state index contributed by atoms with van der Waals surface area (Å²) in [6.45, 7) is 0. The molecule has 7 nitrogen and oxygen atoms in total. The highest BCUT2D eigenvalue weighted by molar-refractivity contribution is 9.10. The number of esters is 1. The standard InChI is InChI=1S/C11H14BrN2O5P/c1-17-11(15)10(8-4-6-9(12)7-5-8)13-14-20(16,18-2)19-3/h4-7H,1-3H3,(H,14,16)/b13-10+. The van der Waals surface area contributed by atoms with Gasteiger partial charge in [-0.1, -0.05) is 28.1 Å². The summed E-state index contributed by atoms with van der Waals surface area (Å²) in [7, 11) is 0.0527. The number of benzene rings is 1. The Labute approximate surface area is 125 Å². The molecule has 0 aliphatic carbocycles. The van der Waals surface area contributed by atoms with Gasteiger partial charge in [0.15, 0.2) is 5.71 Å². The molecule has 0 aliphatic rings. The number of carbonyl (C=O) groups is 1. The van der Waals surface area contributed by atoms with Crippen molar-refractivity contribution in [2.75, 3.05) is 21.3 Å². The van der Waals surface area contributed by atoms with Crippen molar-refractivity contribution in [3.05, 3.63) is 34.3 Å². The third-order valence-electron chi connectivity index (χ3n) is 2.26. The Hall–Kier alpha value is -1.21. The molecule has 0 aliphatic heterocycles.